The number of rotatable bonds is 4. The molecule has 0 radical (unpaired) electrons. The van der Waals surface area contributed by atoms with Crippen molar-refractivity contribution in [3.8, 4) is 0 Å². The zero-order valence-corrected chi connectivity index (χ0v) is 10.2. The summed E-state index contributed by atoms with van der Waals surface area (Å²) in [4.78, 5) is 32.5. The van der Waals surface area contributed by atoms with E-state index in [1.54, 1.807) is 0 Å². The van der Waals surface area contributed by atoms with Crippen LogP contribution >= 0.6 is 11.6 Å². The van der Waals surface area contributed by atoms with E-state index in [2.05, 4.69) is 10.6 Å². The fourth-order valence-corrected chi connectivity index (χ4v) is 1.35. The Bertz CT molecular complexity index is 504. The number of nitro benzene ring substituents is 1. The molecule has 0 unspecified atom stereocenters. The van der Waals surface area contributed by atoms with Gasteiger partial charge in [0.1, 0.15) is 0 Å². The van der Waals surface area contributed by atoms with E-state index in [4.69, 9.17) is 11.6 Å². The van der Waals surface area contributed by atoms with Crippen molar-refractivity contribution in [2.24, 2.45) is 0 Å². The molecule has 0 bridgehead atoms. The van der Waals surface area contributed by atoms with Gasteiger partial charge in [-0.05, 0) is 6.07 Å². The minimum atomic E-state index is -0.646. The van der Waals surface area contributed by atoms with E-state index < -0.39 is 10.8 Å². The minimum absolute atomic E-state index is 0.0465. The SMILES string of the molecule is CNC(=O)CNC(=O)c1cc([N+](=O)[O-])ccc1Cl. The van der Waals surface area contributed by atoms with Crippen molar-refractivity contribution in [1.82, 2.24) is 10.6 Å². The summed E-state index contributed by atoms with van der Waals surface area (Å²) in [5, 5.41) is 15.3. The Morgan fingerprint density at radius 2 is 2.11 bits per heavy atom. The molecule has 0 atom stereocenters. The number of hydrogen-bond donors (Lipinski definition) is 2. The zero-order chi connectivity index (χ0) is 13.7. The highest BCUT2D eigenvalue weighted by molar-refractivity contribution is 6.34. The predicted molar refractivity (Wildman–Crippen MR) is 64.5 cm³/mol. The quantitative estimate of drug-likeness (QED) is 0.622. The molecule has 0 aromatic heterocycles. The highest BCUT2D eigenvalue weighted by Gasteiger charge is 2.16. The van der Waals surface area contributed by atoms with E-state index in [0.717, 1.165) is 6.07 Å². The van der Waals surface area contributed by atoms with Crippen molar-refractivity contribution in [1.29, 1.82) is 0 Å². The van der Waals surface area contributed by atoms with Gasteiger partial charge in [-0.15, -0.1) is 0 Å². The number of amides is 2. The monoisotopic (exact) mass is 271 g/mol. The number of hydrogen-bond acceptors (Lipinski definition) is 4. The molecule has 2 N–H and O–H groups in total. The van der Waals surface area contributed by atoms with Crippen molar-refractivity contribution >= 4 is 29.1 Å². The first-order valence-corrected chi connectivity index (χ1v) is 5.26. The van der Waals surface area contributed by atoms with Gasteiger partial charge in [-0.25, -0.2) is 0 Å². The number of non-ortho nitro benzene ring substituents is 1. The Labute approximate surface area is 107 Å². The van der Waals surface area contributed by atoms with Crippen molar-refractivity contribution in [2.45, 2.75) is 0 Å². The van der Waals surface area contributed by atoms with Crippen LogP contribution in [-0.4, -0.2) is 30.3 Å². The van der Waals surface area contributed by atoms with E-state index in [1.807, 2.05) is 0 Å². The second-order valence-electron chi connectivity index (χ2n) is 3.28. The molecule has 0 aliphatic carbocycles. The molecule has 0 aliphatic heterocycles. The van der Waals surface area contributed by atoms with Gasteiger partial charge in [0.05, 0.1) is 22.1 Å². The average Bonchev–Trinajstić information content (AvgIpc) is 2.35. The lowest BCUT2D eigenvalue weighted by molar-refractivity contribution is -0.384. The van der Waals surface area contributed by atoms with Crippen LogP contribution in [0, 0.1) is 10.1 Å². The molecular formula is C10H10ClN3O4. The van der Waals surface area contributed by atoms with E-state index in [1.165, 1.54) is 19.2 Å². The molecule has 0 saturated heterocycles. The number of likely N-dealkylation sites (N-methyl/N-ethyl adjacent to an activating group) is 1. The topological polar surface area (TPSA) is 101 Å². The summed E-state index contributed by atoms with van der Waals surface area (Å²) in [5.41, 5.74) is -0.292. The van der Waals surface area contributed by atoms with E-state index in [0.29, 0.717) is 0 Å². The van der Waals surface area contributed by atoms with Crippen molar-refractivity contribution < 1.29 is 14.5 Å². The smallest absolute Gasteiger partial charge is 0.270 e. The number of halogens is 1. The standard InChI is InChI=1S/C10H10ClN3O4/c1-12-9(15)5-13-10(16)7-4-6(14(17)18)2-3-8(7)11/h2-4H,5H2,1H3,(H,12,15)(H,13,16). The summed E-state index contributed by atoms with van der Waals surface area (Å²) in [6, 6.07) is 3.51. The van der Waals surface area contributed by atoms with Crippen LogP contribution in [0.5, 0.6) is 0 Å². The summed E-state index contributed by atoms with van der Waals surface area (Å²) in [7, 11) is 1.43. The molecule has 7 nitrogen and oxygen atoms in total. The van der Waals surface area contributed by atoms with Gasteiger partial charge in [0, 0.05) is 19.2 Å². The second kappa shape index (κ2) is 5.97. The van der Waals surface area contributed by atoms with Gasteiger partial charge in [-0.3, -0.25) is 19.7 Å². The first-order chi connectivity index (χ1) is 8.45. The van der Waals surface area contributed by atoms with Gasteiger partial charge in [-0.1, -0.05) is 11.6 Å². The van der Waals surface area contributed by atoms with Crippen molar-refractivity contribution in [3.63, 3.8) is 0 Å². The largest absolute Gasteiger partial charge is 0.358 e. The fourth-order valence-electron chi connectivity index (χ4n) is 1.15. The third kappa shape index (κ3) is 3.42. The van der Waals surface area contributed by atoms with Crippen LogP contribution < -0.4 is 10.6 Å². The molecule has 8 heteroatoms. The number of nitrogens with zero attached hydrogens (tertiary/aromatic N) is 1. The molecule has 0 spiro atoms. The Kier molecular flexibility index (Phi) is 4.61. The molecule has 0 saturated carbocycles. The predicted octanol–water partition coefficient (Wildman–Crippen LogP) is 0.724. The maximum atomic E-state index is 11.7. The third-order valence-electron chi connectivity index (χ3n) is 2.09. The molecule has 18 heavy (non-hydrogen) atoms. The normalized spacial score (nSPS) is 9.67. The van der Waals surface area contributed by atoms with Crippen LogP contribution in [-0.2, 0) is 4.79 Å². The second-order valence-corrected chi connectivity index (χ2v) is 3.68. The van der Waals surface area contributed by atoms with Crippen LogP contribution in [0.1, 0.15) is 10.4 Å². The average molecular weight is 272 g/mol. The first-order valence-electron chi connectivity index (χ1n) is 4.88. The van der Waals surface area contributed by atoms with Crippen LogP contribution in [0.25, 0.3) is 0 Å². The summed E-state index contributed by atoms with van der Waals surface area (Å²) in [6.45, 7) is -0.228. The van der Waals surface area contributed by atoms with Crippen molar-refractivity contribution in [3.05, 3.63) is 38.9 Å². The molecular weight excluding hydrogens is 262 g/mol. The highest BCUT2D eigenvalue weighted by atomic mass is 35.5. The first kappa shape index (κ1) is 13.9. The highest BCUT2D eigenvalue weighted by Crippen LogP contribution is 2.21. The molecule has 96 valence electrons. The van der Waals surface area contributed by atoms with E-state index >= 15 is 0 Å². The molecule has 2 amide bonds. The van der Waals surface area contributed by atoms with E-state index in [-0.39, 0.29) is 28.7 Å². The van der Waals surface area contributed by atoms with Crippen molar-refractivity contribution in [2.75, 3.05) is 13.6 Å². The summed E-state index contributed by atoms with van der Waals surface area (Å²) in [6.07, 6.45) is 0. The molecule has 1 rings (SSSR count). The lowest BCUT2D eigenvalue weighted by Crippen LogP contribution is -2.35. The minimum Gasteiger partial charge on any atom is -0.358 e. The number of carbonyl (C=O) groups excluding carboxylic acids is 2. The third-order valence-corrected chi connectivity index (χ3v) is 2.42. The van der Waals surface area contributed by atoms with Gasteiger partial charge in [0.15, 0.2) is 0 Å². The summed E-state index contributed by atoms with van der Waals surface area (Å²) >= 11 is 5.76. The van der Waals surface area contributed by atoms with Gasteiger partial charge < -0.3 is 10.6 Å². The maximum absolute atomic E-state index is 11.7. The number of nitrogens with one attached hydrogen (secondary N) is 2. The lowest BCUT2D eigenvalue weighted by atomic mass is 10.2. The molecule has 0 heterocycles. The Balaban J connectivity index is 2.87. The Morgan fingerprint density at radius 3 is 2.67 bits per heavy atom. The molecule has 0 aliphatic rings. The zero-order valence-electron chi connectivity index (χ0n) is 9.40. The number of benzene rings is 1. The van der Waals surface area contributed by atoms with Crippen LogP contribution in [0.2, 0.25) is 5.02 Å². The maximum Gasteiger partial charge on any atom is 0.270 e. The summed E-state index contributed by atoms with van der Waals surface area (Å²) in [5.74, 6) is -1.03. The fraction of sp³-hybridized carbons (Fsp3) is 0.200. The van der Waals surface area contributed by atoms with E-state index in [9.17, 15) is 19.7 Å². The van der Waals surface area contributed by atoms with Gasteiger partial charge in [0.2, 0.25) is 5.91 Å². The molecule has 0 fully saturated rings. The Morgan fingerprint density at radius 1 is 1.44 bits per heavy atom. The number of nitro groups is 1. The Hall–Kier alpha value is -2.15. The van der Waals surface area contributed by atoms with Gasteiger partial charge in [-0.2, -0.15) is 0 Å². The number of carbonyl (C=O) groups is 2. The van der Waals surface area contributed by atoms with Crippen LogP contribution in [0.15, 0.2) is 18.2 Å². The van der Waals surface area contributed by atoms with Crippen LogP contribution in [0.3, 0.4) is 0 Å². The summed E-state index contributed by atoms with van der Waals surface area (Å²) < 4.78 is 0. The molecule has 1 aromatic rings. The van der Waals surface area contributed by atoms with Crippen LogP contribution in [0.4, 0.5) is 5.69 Å². The lowest BCUT2D eigenvalue weighted by Gasteiger charge is -2.05. The molecule has 1 aromatic carbocycles. The van der Waals surface area contributed by atoms with Gasteiger partial charge in [0.25, 0.3) is 11.6 Å². The van der Waals surface area contributed by atoms with Gasteiger partial charge >= 0.3 is 0 Å².